The molecule has 6 nitrogen and oxygen atoms in total. The van der Waals surface area contributed by atoms with E-state index in [9.17, 15) is 12.6 Å². The van der Waals surface area contributed by atoms with Crippen molar-refractivity contribution in [2.24, 2.45) is 5.73 Å². The van der Waals surface area contributed by atoms with Gasteiger partial charge in [-0.05, 0) is 25.0 Å². The van der Waals surface area contributed by atoms with Crippen molar-refractivity contribution in [3.05, 3.63) is 36.4 Å². The summed E-state index contributed by atoms with van der Waals surface area (Å²) in [4.78, 5) is 2.31. The van der Waals surface area contributed by atoms with Gasteiger partial charge in [-0.15, -0.1) is 0 Å². The van der Waals surface area contributed by atoms with Crippen LogP contribution in [-0.2, 0) is 41.9 Å². The van der Waals surface area contributed by atoms with Gasteiger partial charge in [0, 0.05) is 65.9 Å². The van der Waals surface area contributed by atoms with Gasteiger partial charge in [-0.2, -0.15) is 0 Å². The Labute approximate surface area is 215 Å². The fourth-order valence-electron chi connectivity index (χ4n) is 3.46. The zero-order valence-electron chi connectivity index (χ0n) is 18.1. The van der Waals surface area contributed by atoms with E-state index in [1.807, 2.05) is 43.3 Å². The average Bonchev–Trinajstić information content (AvgIpc) is 2.62. The molecule has 2 atom stereocenters. The SMILES string of the molecule is CN(C)c1cccc2c(S(=O)(=O)N[C@@H]3CCCC[C@H]3N)cccc12.CS(C)=O.[Cl-].[Cl-].[Pt+2]. The van der Waals surface area contributed by atoms with E-state index in [4.69, 9.17) is 5.73 Å². The molecule has 0 bridgehead atoms. The Morgan fingerprint density at radius 3 is 2.06 bits per heavy atom. The first-order chi connectivity index (χ1) is 13.1. The van der Waals surface area contributed by atoms with Gasteiger partial charge >= 0.3 is 21.1 Å². The Balaban J connectivity index is 0. The first-order valence-corrected chi connectivity index (χ1v) is 12.8. The van der Waals surface area contributed by atoms with Gasteiger partial charge in [-0.1, -0.05) is 37.1 Å². The summed E-state index contributed by atoms with van der Waals surface area (Å²) < 4.78 is 38.3. The summed E-state index contributed by atoms with van der Waals surface area (Å²) in [6.45, 7) is 0. The molecule has 1 fully saturated rings. The van der Waals surface area contributed by atoms with E-state index in [0.29, 0.717) is 4.90 Å². The standard InChI is InChI=1S/C18H25N3O2S.C2H6OS.2ClH.Pt/c1-21(2)17-11-5-8-14-13(17)7-6-12-18(14)24(22,23)20-16-10-4-3-9-15(16)19;1-4(2)3;;;/h5-8,11-12,15-16,20H,3-4,9-10,19H2,1-2H3;1-2H3;2*1H;/q;;;;+2/p-2/t15-,16-;;;;/m1..../s1. The van der Waals surface area contributed by atoms with Crippen LogP contribution < -0.4 is 40.2 Å². The Hall–Kier alpha value is -0.212. The summed E-state index contributed by atoms with van der Waals surface area (Å²) in [5, 5.41) is 1.67. The molecule has 2 aromatic rings. The zero-order valence-corrected chi connectivity index (χ0v) is 23.5. The smallest absolute Gasteiger partial charge is 1.00 e. The van der Waals surface area contributed by atoms with Gasteiger partial charge in [0.05, 0.1) is 4.90 Å². The molecule has 1 saturated carbocycles. The predicted molar refractivity (Wildman–Crippen MR) is 119 cm³/mol. The van der Waals surface area contributed by atoms with Crippen LogP contribution in [0.1, 0.15) is 25.7 Å². The van der Waals surface area contributed by atoms with Gasteiger partial charge < -0.3 is 35.4 Å². The number of hydrogen-bond donors (Lipinski definition) is 2. The molecule has 31 heavy (non-hydrogen) atoms. The molecule has 0 aliphatic heterocycles. The third-order valence-corrected chi connectivity index (χ3v) is 6.30. The van der Waals surface area contributed by atoms with Crippen LogP contribution in [0.2, 0.25) is 0 Å². The molecule has 0 saturated heterocycles. The average molecular weight is 692 g/mol. The fourth-order valence-corrected chi connectivity index (χ4v) is 5.00. The number of hydrogen-bond acceptors (Lipinski definition) is 5. The minimum atomic E-state index is -3.61. The second-order valence-electron chi connectivity index (χ2n) is 7.44. The van der Waals surface area contributed by atoms with Gasteiger partial charge in [0.15, 0.2) is 0 Å². The van der Waals surface area contributed by atoms with Crippen LogP contribution in [0.5, 0.6) is 0 Å². The third-order valence-electron chi connectivity index (χ3n) is 4.76. The summed E-state index contributed by atoms with van der Waals surface area (Å²) in [7, 11) is -0.314. The Morgan fingerprint density at radius 1 is 1.00 bits per heavy atom. The Kier molecular flexibility index (Phi) is 15.8. The number of benzene rings is 2. The Morgan fingerprint density at radius 2 is 1.52 bits per heavy atom. The largest absolute Gasteiger partial charge is 2.00 e. The normalized spacial score (nSPS) is 18.0. The number of halogens is 2. The van der Waals surface area contributed by atoms with Crippen LogP contribution >= 0.6 is 0 Å². The van der Waals surface area contributed by atoms with E-state index in [0.717, 1.165) is 42.1 Å². The van der Waals surface area contributed by atoms with E-state index in [-0.39, 0.29) is 58.0 Å². The van der Waals surface area contributed by atoms with Crippen molar-refractivity contribution in [1.82, 2.24) is 4.72 Å². The predicted octanol–water partition coefficient (Wildman–Crippen LogP) is -3.55. The molecule has 2 aromatic carbocycles. The molecular formula is C20H31Cl2N3O3PtS2. The van der Waals surface area contributed by atoms with Crippen LogP contribution in [0.25, 0.3) is 10.8 Å². The van der Waals surface area contributed by atoms with Gasteiger partial charge in [0.1, 0.15) is 0 Å². The molecule has 0 aromatic heterocycles. The Bertz CT molecular complexity index is 942. The fraction of sp³-hybridized carbons (Fsp3) is 0.500. The van der Waals surface area contributed by atoms with Crippen molar-refractivity contribution in [3.63, 3.8) is 0 Å². The number of rotatable bonds is 4. The molecule has 3 N–H and O–H groups in total. The van der Waals surface area contributed by atoms with Crippen molar-refractivity contribution < 1.29 is 58.5 Å². The van der Waals surface area contributed by atoms with Gasteiger partial charge in [-0.3, -0.25) is 4.21 Å². The van der Waals surface area contributed by atoms with E-state index in [2.05, 4.69) is 4.72 Å². The van der Waals surface area contributed by atoms with Crippen LogP contribution in [0.4, 0.5) is 5.69 Å². The number of nitrogens with two attached hydrogens (primary N) is 1. The monoisotopic (exact) mass is 690 g/mol. The van der Waals surface area contributed by atoms with Crippen molar-refractivity contribution in [2.45, 2.75) is 42.7 Å². The summed E-state index contributed by atoms with van der Waals surface area (Å²) >= 11 is 0. The molecular weight excluding hydrogens is 660 g/mol. The van der Waals surface area contributed by atoms with Gasteiger partial charge in [0.25, 0.3) is 0 Å². The van der Waals surface area contributed by atoms with Crippen LogP contribution in [0.3, 0.4) is 0 Å². The van der Waals surface area contributed by atoms with E-state index in [1.54, 1.807) is 24.6 Å². The number of nitrogens with one attached hydrogen (secondary N) is 1. The summed E-state index contributed by atoms with van der Waals surface area (Å²) in [6, 6.07) is 10.9. The first kappa shape index (κ1) is 33.0. The second-order valence-corrected chi connectivity index (χ2v) is 10.6. The number of fused-ring (bicyclic) bond motifs is 1. The quantitative estimate of drug-likeness (QED) is 0.347. The van der Waals surface area contributed by atoms with Crippen molar-refractivity contribution in [2.75, 3.05) is 31.5 Å². The second kappa shape index (κ2) is 14.8. The zero-order chi connectivity index (χ0) is 20.9. The van der Waals surface area contributed by atoms with Crippen LogP contribution in [0.15, 0.2) is 41.3 Å². The van der Waals surface area contributed by atoms with E-state index < -0.39 is 20.8 Å². The molecule has 0 radical (unpaired) electrons. The van der Waals surface area contributed by atoms with Crippen LogP contribution in [-0.4, -0.2) is 51.3 Å². The number of sulfonamides is 1. The van der Waals surface area contributed by atoms with Gasteiger partial charge in [-0.25, -0.2) is 13.1 Å². The maximum absolute atomic E-state index is 13.0. The van der Waals surface area contributed by atoms with E-state index in [1.165, 1.54) is 0 Å². The minimum Gasteiger partial charge on any atom is -1.00 e. The minimum absolute atomic E-state index is 0. The maximum atomic E-state index is 13.0. The molecule has 0 unspecified atom stereocenters. The molecule has 180 valence electrons. The van der Waals surface area contributed by atoms with E-state index >= 15 is 0 Å². The topological polar surface area (TPSA) is 92.5 Å². The molecule has 0 heterocycles. The van der Waals surface area contributed by atoms with Crippen LogP contribution in [0, 0.1) is 0 Å². The summed E-state index contributed by atoms with van der Waals surface area (Å²) in [5.41, 5.74) is 7.11. The van der Waals surface area contributed by atoms with Crippen molar-refractivity contribution in [3.8, 4) is 0 Å². The van der Waals surface area contributed by atoms with Gasteiger partial charge in [0.2, 0.25) is 10.0 Å². The number of anilines is 1. The molecule has 0 spiro atoms. The molecule has 3 rings (SSSR count). The molecule has 11 heteroatoms. The summed E-state index contributed by atoms with van der Waals surface area (Å²) in [6.07, 6.45) is 7.03. The molecule has 1 aliphatic carbocycles. The molecule has 0 amide bonds. The van der Waals surface area contributed by atoms with Crippen molar-refractivity contribution >= 4 is 37.3 Å². The maximum Gasteiger partial charge on any atom is 2.00 e. The number of nitrogens with zero attached hydrogens (tertiary/aromatic N) is 1. The van der Waals surface area contributed by atoms with Crippen molar-refractivity contribution in [1.29, 1.82) is 0 Å². The first-order valence-electron chi connectivity index (χ1n) is 9.35. The molecule has 1 aliphatic rings. The summed E-state index contributed by atoms with van der Waals surface area (Å²) in [5.74, 6) is 0. The third kappa shape index (κ3) is 9.28.